The Morgan fingerprint density at radius 1 is 1.16 bits per heavy atom. The Labute approximate surface area is 191 Å². The summed E-state index contributed by atoms with van der Waals surface area (Å²) in [5, 5.41) is 4.90. The van der Waals surface area contributed by atoms with Gasteiger partial charge in [-0.3, -0.25) is 14.4 Å². The molecule has 0 aliphatic carbocycles. The van der Waals surface area contributed by atoms with E-state index >= 15 is 0 Å². The summed E-state index contributed by atoms with van der Waals surface area (Å²) in [5.74, 6) is 1.34. The summed E-state index contributed by atoms with van der Waals surface area (Å²) in [7, 11) is 1.64. The lowest BCUT2D eigenvalue weighted by Gasteiger charge is -2.20. The number of unbranched alkanes of at least 4 members (excludes halogenated alkanes) is 1. The number of ether oxygens (including phenoxy) is 2. The van der Waals surface area contributed by atoms with Gasteiger partial charge in [-0.25, -0.2) is 4.98 Å². The zero-order chi connectivity index (χ0) is 22.3. The molecule has 0 N–H and O–H groups in total. The molecule has 4 aromatic rings. The summed E-state index contributed by atoms with van der Waals surface area (Å²) >= 11 is 1.47. The number of benzene rings is 2. The highest BCUT2D eigenvalue weighted by molar-refractivity contribution is 7.22. The minimum absolute atomic E-state index is 0.121. The average molecular weight is 451 g/mol. The quantitative estimate of drug-likeness (QED) is 0.317. The van der Waals surface area contributed by atoms with Crippen LogP contribution in [0.3, 0.4) is 0 Å². The first-order chi connectivity index (χ1) is 15.7. The topological polar surface area (TPSA) is 69.5 Å². The third kappa shape index (κ3) is 5.08. The van der Waals surface area contributed by atoms with E-state index in [2.05, 4.69) is 12.0 Å². The maximum atomic E-state index is 13.6. The van der Waals surface area contributed by atoms with Gasteiger partial charge in [-0.1, -0.05) is 30.7 Å². The van der Waals surface area contributed by atoms with Crippen LogP contribution in [-0.2, 0) is 6.54 Å². The molecular weight excluding hydrogens is 424 g/mol. The monoisotopic (exact) mass is 450 g/mol. The average Bonchev–Trinajstić information content (AvgIpc) is 3.49. The fourth-order valence-corrected chi connectivity index (χ4v) is 4.28. The van der Waals surface area contributed by atoms with Crippen LogP contribution in [0.5, 0.6) is 11.5 Å². The molecule has 0 aliphatic rings. The molecule has 0 bridgehead atoms. The van der Waals surface area contributed by atoms with Crippen LogP contribution in [0.25, 0.3) is 10.2 Å². The van der Waals surface area contributed by atoms with Crippen LogP contribution in [0.4, 0.5) is 5.13 Å². The Kier molecular flexibility index (Phi) is 7.01. The fraction of sp³-hybridized carbons (Fsp3) is 0.292. The number of aromatic nitrogens is 3. The van der Waals surface area contributed by atoms with Gasteiger partial charge < -0.3 is 9.47 Å². The Morgan fingerprint density at radius 3 is 2.84 bits per heavy atom. The van der Waals surface area contributed by atoms with Crippen molar-refractivity contribution in [3.63, 3.8) is 0 Å². The van der Waals surface area contributed by atoms with Crippen LogP contribution >= 0.6 is 11.3 Å². The van der Waals surface area contributed by atoms with Crippen molar-refractivity contribution in [1.29, 1.82) is 0 Å². The summed E-state index contributed by atoms with van der Waals surface area (Å²) in [4.78, 5) is 20.0. The molecule has 2 heterocycles. The predicted octanol–water partition coefficient (Wildman–Crippen LogP) is 5.03. The summed E-state index contributed by atoms with van der Waals surface area (Å²) < 4.78 is 13.9. The number of carbonyl (C=O) groups excluding carboxylic acids is 1. The molecule has 0 saturated heterocycles. The third-order valence-electron chi connectivity index (χ3n) is 5.02. The van der Waals surface area contributed by atoms with Gasteiger partial charge in [-0.2, -0.15) is 5.10 Å². The molecule has 0 atom stereocenters. The SMILES string of the molecule is CCCCOc1cccc(C(=O)N(CCn2cccn2)c2nc3ccc(OC)cc3s2)c1. The van der Waals surface area contributed by atoms with Gasteiger partial charge in [0.25, 0.3) is 5.91 Å². The van der Waals surface area contributed by atoms with Gasteiger partial charge in [0, 0.05) is 24.5 Å². The van der Waals surface area contributed by atoms with Crippen LogP contribution in [0.2, 0.25) is 0 Å². The van der Waals surface area contributed by atoms with Gasteiger partial charge >= 0.3 is 0 Å². The second kappa shape index (κ2) is 10.3. The molecule has 0 saturated carbocycles. The molecular formula is C24H26N4O3S. The first-order valence-electron chi connectivity index (χ1n) is 10.6. The van der Waals surface area contributed by atoms with Crippen molar-refractivity contribution in [3.05, 3.63) is 66.5 Å². The number of amides is 1. The number of thiazole rings is 1. The molecule has 8 heteroatoms. The van der Waals surface area contributed by atoms with Crippen molar-refractivity contribution < 1.29 is 14.3 Å². The van der Waals surface area contributed by atoms with E-state index in [1.165, 1.54) is 11.3 Å². The highest BCUT2D eigenvalue weighted by Gasteiger charge is 2.22. The molecule has 0 aliphatic heterocycles. The first kappa shape index (κ1) is 21.8. The van der Waals surface area contributed by atoms with Gasteiger partial charge in [0.1, 0.15) is 11.5 Å². The number of fused-ring (bicyclic) bond motifs is 1. The maximum Gasteiger partial charge on any atom is 0.260 e. The minimum Gasteiger partial charge on any atom is -0.497 e. The van der Waals surface area contributed by atoms with E-state index in [1.54, 1.807) is 29.0 Å². The van der Waals surface area contributed by atoms with Crippen LogP contribution in [0.15, 0.2) is 60.9 Å². The molecule has 0 radical (unpaired) electrons. The normalized spacial score (nSPS) is 10.9. The van der Waals surface area contributed by atoms with Gasteiger partial charge in [-0.05, 0) is 48.9 Å². The molecule has 32 heavy (non-hydrogen) atoms. The maximum absolute atomic E-state index is 13.6. The number of carbonyl (C=O) groups is 1. The molecule has 166 valence electrons. The van der Waals surface area contributed by atoms with E-state index in [1.807, 2.05) is 48.7 Å². The number of methoxy groups -OCH3 is 1. The molecule has 4 rings (SSSR count). The third-order valence-corrected chi connectivity index (χ3v) is 6.06. The lowest BCUT2D eigenvalue weighted by molar-refractivity contribution is 0.0985. The summed E-state index contributed by atoms with van der Waals surface area (Å²) in [6.45, 7) is 3.76. The summed E-state index contributed by atoms with van der Waals surface area (Å²) in [6, 6.07) is 14.9. The second-order valence-corrected chi connectivity index (χ2v) is 8.29. The van der Waals surface area contributed by atoms with Crippen molar-refractivity contribution in [2.24, 2.45) is 0 Å². The molecule has 2 aromatic heterocycles. The minimum atomic E-state index is -0.121. The van der Waals surface area contributed by atoms with E-state index in [-0.39, 0.29) is 5.91 Å². The Hall–Kier alpha value is -3.39. The summed E-state index contributed by atoms with van der Waals surface area (Å²) in [5.41, 5.74) is 1.40. The van der Waals surface area contributed by atoms with Crippen molar-refractivity contribution in [2.75, 3.05) is 25.2 Å². The van der Waals surface area contributed by atoms with Crippen molar-refractivity contribution in [1.82, 2.24) is 14.8 Å². The number of nitrogens with zero attached hydrogens (tertiary/aromatic N) is 4. The highest BCUT2D eigenvalue weighted by Crippen LogP contribution is 2.32. The molecule has 0 fully saturated rings. The van der Waals surface area contributed by atoms with Gasteiger partial charge in [-0.15, -0.1) is 0 Å². The molecule has 7 nitrogen and oxygen atoms in total. The number of hydrogen-bond donors (Lipinski definition) is 0. The van der Waals surface area contributed by atoms with Gasteiger partial charge in [0.05, 0.1) is 30.5 Å². The fourth-order valence-electron chi connectivity index (χ4n) is 3.26. The van der Waals surface area contributed by atoms with Crippen molar-refractivity contribution in [3.8, 4) is 11.5 Å². The van der Waals surface area contributed by atoms with Crippen molar-refractivity contribution in [2.45, 2.75) is 26.3 Å². The van der Waals surface area contributed by atoms with Gasteiger partial charge in [0.15, 0.2) is 5.13 Å². The van der Waals surface area contributed by atoms with E-state index in [0.29, 0.717) is 36.1 Å². The summed E-state index contributed by atoms with van der Waals surface area (Å²) in [6.07, 6.45) is 5.65. The largest absolute Gasteiger partial charge is 0.497 e. The molecule has 1 amide bonds. The molecule has 0 spiro atoms. The first-order valence-corrected chi connectivity index (χ1v) is 11.5. The van der Waals surface area contributed by atoms with E-state index < -0.39 is 0 Å². The molecule has 0 unspecified atom stereocenters. The van der Waals surface area contributed by atoms with Crippen LogP contribution in [0, 0.1) is 0 Å². The number of rotatable bonds is 10. The van der Waals surface area contributed by atoms with E-state index in [9.17, 15) is 4.79 Å². The lowest BCUT2D eigenvalue weighted by atomic mass is 10.2. The lowest BCUT2D eigenvalue weighted by Crippen LogP contribution is -2.34. The van der Waals surface area contributed by atoms with Crippen molar-refractivity contribution >= 4 is 32.6 Å². The smallest absolute Gasteiger partial charge is 0.260 e. The Morgan fingerprint density at radius 2 is 2.06 bits per heavy atom. The van der Waals surface area contributed by atoms with E-state index in [4.69, 9.17) is 14.5 Å². The number of anilines is 1. The van der Waals surface area contributed by atoms with Gasteiger partial charge in [0.2, 0.25) is 0 Å². The Bertz CT molecular complexity index is 1170. The second-order valence-electron chi connectivity index (χ2n) is 7.29. The molecule has 2 aromatic carbocycles. The van der Waals surface area contributed by atoms with Crippen LogP contribution in [-0.4, -0.2) is 40.9 Å². The standard InChI is InChI=1S/C24H26N4O3S/c1-3-4-15-31-20-8-5-7-18(16-20)23(29)28(14-13-27-12-6-11-25-27)24-26-21-10-9-19(30-2)17-22(21)32-24/h5-12,16-17H,3-4,13-15H2,1-2H3. The Balaban J connectivity index is 1.63. The van der Waals surface area contributed by atoms with Crippen LogP contribution in [0.1, 0.15) is 30.1 Å². The zero-order valence-corrected chi connectivity index (χ0v) is 19.0. The highest BCUT2D eigenvalue weighted by atomic mass is 32.1. The zero-order valence-electron chi connectivity index (χ0n) is 18.2. The van der Waals surface area contributed by atoms with Crippen LogP contribution < -0.4 is 14.4 Å². The number of hydrogen-bond acceptors (Lipinski definition) is 6. The van der Waals surface area contributed by atoms with E-state index in [0.717, 1.165) is 28.8 Å². The predicted molar refractivity (Wildman–Crippen MR) is 127 cm³/mol.